The molecule has 0 aliphatic carbocycles. The number of halogens is 1. The lowest BCUT2D eigenvalue weighted by Gasteiger charge is -2.04. The standard InChI is InChI=1S/C23H18FN5O3/c1-28-11-18(14-5-4-8-17(10-14)31-2)20-21(28)23(30)29(13-25-20)12-19-26-22(27-32-19)15-6-3-7-16(24)9-15/h3-11,13H,12H2,1-2H3. The van der Waals surface area contributed by atoms with E-state index in [-0.39, 0.29) is 23.8 Å². The summed E-state index contributed by atoms with van der Waals surface area (Å²) < 4.78 is 27.2. The number of nitrogens with zero attached hydrogens (tertiary/aromatic N) is 5. The fourth-order valence-electron chi connectivity index (χ4n) is 3.64. The van der Waals surface area contributed by atoms with Gasteiger partial charge in [-0.15, -0.1) is 0 Å². The van der Waals surface area contributed by atoms with E-state index in [0.717, 1.165) is 16.9 Å². The average Bonchev–Trinajstić information content (AvgIpc) is 3.40. The zero-order chi connectivity index (χ0) is 22.2. The quantitative estimate of drug-likeness (QED) is 0.422. The number of aromatic nitrogens is 5. The predicted molar refractivity (Wildman–Crippen MR) is 116 cm³/mol. The van der Waals surface area contributed by atoms with E-state index in [2.05, 4.69) is 15.1 Å². The highest BCUT2D eigenvalue weighted by atomic mass is 19.1. The second kappa shape index (κ2) is 7.77. The Morgan fingerprint density at radius 3 is 2.75 bits per heavy atom. The summed E-state index contributed by atoms with van der Waals surface area (Å²) in [5.74, 6) is 0.795. The minimum Gasteiger partial charge on any atom is -0.497 e. The van der Waals surface area contributed by atoms with Crippen molar-refractivity contribution in [1.29, 1.82) is 0 Å². The fourth-order valence-corrected chi connectivity index (χ4v) is 3.64. The number of hydrogen-bond acceptors (Lipinski definition) is 6. The zero-order valence-electron chi connectivity index (χ0n) is 17.3. The van der Waals surface area contributed by atoms with E-state index in [1.54, 1.807) is 30.9 Å². The molecule has 0 aliphatic heterocycles. The van der Waals surface area contributed by atoms with Crippen LogP contribution >= 0.6 is 0 Å². The molecule has 0 saturated carbocycles. The molecule has 0 aliphatic rings. The summed E-state index contributed by atoms with van der Waals surface area (Å²) in [7, 11) is 3.41. The van der Waals surface area contributed by atoms with Crippen molar-refractivity contribution >= 4 is 11.0 Å². The molecule has 3 aromatic heterocycles. The van der Waals surface area contributed by atoms with Gasteiger partial charge < -0.3 is 13.8 Å². The van der Waals surface area contributed by atoms with E-state index in [9.17, 15) is 9.18 Å². The van der Waals surface area contributed by atoms with Crippen molar-refractivity contribution in [1.82, 2.24) is 24.3 Å². The molecule has 0 radical (unpaired) electrons. The van der Waals surface area contributed by atoms with Crippen LogP contribution in [0, 0.1) is 5.82 Å². The molecule has 0 saturated heterocycles. The maximum Gasteiger partial charge on any atom is 0.278 e. The molecule has 0 unspecified atom stereocenters. The van der Waals surface area contributed by atoms with E-state index in [1.807, 2.05) is 30.5 Å². The Kier molecular flexibility index (Phi) is 4.78. The third kappa shape index (κ3) is 3.43. The van der Waals surface area contributed by atoms with E-state index in [0.29, 0.717) is 16.6 Å². The van der Waals surface area contributed by atoms with Gasteiger partial charge in [0.2, 0.25) is 11.7 Å². The van der Waals surface area contributed by atoms with Gasteiger partial charge >= 0.3 is 0 Å². The van der Waals surface area contributed by atoms with E-state index in [4.69, 9.17) is 9.26 Å². The molecule has 8 nitrogen and oxygen atoms in total. The molecule has 5 aromatic rings. The largest absolute Gasteiger partial charge is 0.497 e. The van der Waals surface area contributed by atoms with Crippen LogP contribution in [0.25, 0.3) is 33.5 Å². The molecule has 9 heteroatoms. The molecule has 2 aromatic carbocycles. The number of ether oxygens (including phenoxy) is 1. The Bertz CT molecular complexity index is 1500. The molecule has 0 amide bonds. The SMILES string of the molecule is COc1cccc(-c2cn(C)c3c(=O)n(Cc4nc(-c5cccc(F)c5)no4)cnc23)c1. The van der Waals surface area contributed by atoms with Crippen LogP contribution < -0.4 is 10.3 Å². The number of fused-ring (bicyclic) bond motifs is 1. The Morgan fingerprint density at radius 1 is 1.12 bits per heavy atom. The van der Waals surface area contributed by atoms with Gasteiger partial charge in [0.25, 0.3) is 5.56 Å². The molecule has 0 bridgehead atoms. The molecule has 5 rings (SSSR count). The van der Waals surface area contributed by atoms with Crippen LogP contribution in [0.3, 0.4) is 0 Å². The molecule has 32 heavy (non-hydrogen) atoms. The maximum absolute atomic E-state index is 13.5. The average molecular weight is 431 g/mol. The van der Waals surface area contributed by atoms with E-state index >= 15 is 0 Å². The number of benzene rings is 2. The van der Waals surface area contributed by atoms with Gasteiger partial charge in [-0.25, -0.2) is 9.37 Å². The summed E-state index contributed by atoms with van der Waals surface area (Å²) in [5.41, 5.74) is 3.03. The van der Waals surface area contributed by atoms with E-state index < -0.39 is 5.82 Å². The molecule has 0 atom stereocenters. The molecule has 0 N–H and O–H groups in total. The summed E-state index contributed by atoms with van der Waals surface area (Å²) in [6, 6.07) is 13.5. The van der Waals surface area contributed by atoms with Crippen molar-refractivity contribution in [3.63, 3.8) is 0 Å². The van der Waals surface area contributed by atoms with Crippen LogP contribution in [0.2, 0.25) is 0 Å². The summed E-state index contributed by atoms with van der Waals surface area (Å²) >= 11 is 0. The molecule has 160 valence electrons. The summed E-state index contributed by atoms with van der Waals surface area (Å²) in [5, 5.41) is 3.89. The van der Waals surface area contributed by atoms with Crippen molar-refractivity contribution in [2.75, 3.05) is 7.11 Å². The molecular weight excluding hydrogens is 413 g/mol. The number of rotatable bonds is 5. The first kappa shape index (κ1) is 19.7. The maximum atomic E-state index is 13.5. The van der Waals surface area contributed by atoms with Gasteiger partial charge in [-0.3, -0.25) is 9.36 Å². The highest BCUT2D eigenvalue weighted by molar-refractivity contribution is 5.92. The Labute approximate surface area is 181 Å². The van der Waals surface area contributed by atoms with Crippen molar-refractivity contribution < 1.29 is 13.7 Å². The predicted octanol–water partition coefficient (Wildman–Crippen LogP) is 3.65. The first-order valence-electron chi connectivity index (χ1n) is 9.81. The van der Waals surface area contributed by atoms with Crippen molar-refractivity contribution in [3.05, 3.63) is 83.1 Å². The smallest absolute Gasteiger partial charge is 0.278 e. The summed E-state index contributed by atoms with van der Waals surface area (Å²) in [6.45, 7) is 0.0454. The summed E-state index contributed by atoms with van der Waals surface area (Å²) in [6.07, 6.45) is 3.33. The van der Waals surface area contributed by atoms with Crippen molar-refractivity contribution in [2.24, 2.45) is 7.05 Å². The summed E-state index contributed by atoms with van der Waals surface area (Å²) in [4.78, 5) is 22.0. The van der Waals surface area contributed by atoms with Crippen molar-refractivity contribution in [2.45, 2.75) is 6.54 Å². The second-order valence-corrected chi connectivity index (χ2v) is 7.28. The van der Waals surface area contributed by atoms with Crippen LogP contribution in [0.4, 0.5) is 4.39 Å². The van der Waals surface area contributed by atoms with Crippen LogP contribution in [-0.2, 0) is 13.6 Å². The Balaban J connectivity index is 1.51. The minimum absolute atomic E-state index is 0.0454. The number of hydrogen-bond donors (Lipinski definition) is 0. The molecule has 0 spiro atoms. The number of methoxy groups -OCH3 is 1. The lowest BCUT2D eigenvalue weighted by Crippen LogP contribution is -2.22. The third-order valence-electron chi connectivity index (χ3n) is 5.18. The topological polar surface area (TPSA) is 88.0 Å². The van der Waals surface area contributed by atoms with Gasteiger partial charge in [0.05, 0.1) is 13.4 Å². The molecular formula is C23H18FN5O3. The lowest BCUT2D eigenvalue weighted by molar-refractivity contribution is 0.369. The van der Waals surface area contributed by atoms with Gasteiger partial charge in [-0.2, -0.15) is 4.98 Å². The Morgan fingerprint density at radius 2 is 1.94 bits per heavy atom. The van der Waals surface area contributed by atoms with Crippen LogP contribution in [-0.4, -0.2) is 31.4 Å². The monoisotopic (exact) mass is 431 g/mol. The minimum atomic E-state index is -0.393. The molecule has 3 heterocycles. The molecule has 0 fully saturated rings. The second-order valence-electron chi connectivity index (χ2n) is 7.28. The van der Waals surface area contributed by atoms with Gasteiger partial charge in [0, 0.05) is 24.4 Å². The van der Waals surface area contributed by atoms with Crippen molar-refractivity contribution in [3.8, 4) is 28.3 Å². The first-order chi connectivity index (χ1) is 15.5. The third-order valence-corrected chi connectivity index (χ3v) is 5.18. The van der Waals surface area contributed by atoms with Crippen LogP contribution in [0.1, 0.15) is 5.89 Å². The van der Waals surface area contributed by atoms with Crippen LogP contribution in [0.5, 0.6) is 5.75 Å². The van der Waals surface area contributed by atoms with Gasteiger partial charge in [0.15, 0.2) is 0 Å². The fraction of sp³-hybridized carbons (Fsp3) is 0.130. The normalized spacial score (nSPS) is 11.2. The first-order valence-corrected chi connectivity index (χ1v) is 9.81. The van der Waals surface area contributed by atoms with Gasteiger partial charge in [-0.05, 0) is 29.8 Å². The highest BCUT2D eigenvalue weighted by Gasteiger charge is 2.17. The Hall–Kier alpha value is -4.27. The lowest BCUT2D eigenvalue weighted by atomic mass is 10.1. The van der Waals surface area contributed by atoms with Gasteiger partial charge in [0.1, 0.15) is 29.1 Å². The highest BCUT2D eigenvalue weighted by Crippen LogP contribution is 2.29. The zero-order valence-corrected chi connectivity index (χ0v) is 17.3. The van der Waals surface area contributed by atoms with Crippen LogP contribution in [0.15, 0.2) is 70.4 Å². The number of aryl methyl sites for hydroxylation is 1. The van der Waals surface area contributed by atoms with Gasteiger partial charge in [-0.1, -0.05) is 29.4 Å². The van der Waals surface area contributed by atoms with E-state index in [1.165, 1.54) is 23.0 Å².